The molecule has 4 amide bonds. The summed E-state index contributed by atoms with van der Waals surface area (Å²) in [6, 6.07) is 14.4. The Morgan fingerprint density at radius 2 is 1.58 bits per heavy atom. The number of aryl methyl sites for hydroxylation is 1. The summed E-state index contributed by atoms with van der Waals surface area (Å²) in [5.41, 5.74) is 4.83. The summed E-state index contributed by atoms with van der Waals surface area (Å²) >= 11 is 3.64. The molecule has 6 aromatic rings. The van der Waals surface area contributed by atoms with E-state index >= 15 is 4.39 Å². The lowest BCUT2D eigenvalue weighted by molar-refractivity contribution is -0.136. The highest BCUT2D eigenvalue weighted by atomic mass is 79.9. The Kier molecular flexibility index (Phi) is 13.5. The highest BCUT2D eigenvalue weighted by Gasteiger charge is 2.45. The predicted octanol–water partition coefficient (Wildman–Crippen LogP) is 7.76. The first-order valence-corrected chi connectivity index (χ1v) is 26.7. The van der Waals surface area contributed by atoms with Crippen LogP contribution in [0.3, 0.4) is 0 Å². The highest BCUT2D eigenvalue weighted by molar-refractivity contribution is 9.10. The summed E-state index contributed by atoms with van der Waals surface area (Å²) in [6.45, 7) is 9.84. The zero-order chi connectivity index (χ0) is 49.7. The van der Waals surface area contributed by atoms with E-state index in [1.165, 1.54) is 12.1 Å². The molecular weight excluding hydrogens is 996 g/mol. The van der Waals surface area contributed by atoms with Crippen molar-refractivity contribution in [3.63, 3.8) is 0 Å². The highest BCUT2D eigenvalue weighted by Crippen LogP contribution is 2.42. The molecule has 6 heterocycles. The minimum absolute atomic E-state index is 0.0131. The molecule has 0 aliphatic carbocycles. The van der Waals surface area contributed by atoms with Gasteiger partial charge in [-0.25, -0.2) is 13.8 Å². The number of methoxy groups -OCH3 is 1. The van der Waals surface area contributed by atoms with E-state index in [1.54, 1.807) is 24.1 Å². The van der Waals surface area contributed by atoms with Gasteiger partial charge < -0.3 is 25.2 Å². The predicted molar refractivity (Wildman–Crippen MR) is 275 cm³/mol. The summed E-state index contributed by atoms with van der Waals surface area (Å²) in [5, 5.41) is 16.6. The molecule has 3 N–H and O–H groups in total. The van der Waals surface area contributed by atoms with Crippen molar-refractivity contribution in [3.05, 3.63) is 100 Å². The number of rotatable bonds is 13. The average molecular weight is 1050 g/mol. The number of nitrogens with zero attached hydrogens (tertiary/aromatic N) is 8. The van der Waals surface area contributed by atoms with Crippen molar-refractivity contribution in [2.75, 3.05) is 86.7 Å². The van der Waals surface area contributed by atoms with Crippen molar-refractivity contribution in [2.24, 2.45) is 13.0 Å². The van der Waals surface area contributed by atoms with E-state index in [9.17, 15) is 23.6 Å². The molecule has 2 aromatic heterocycles. The molecule has 1 atom stereocenters. The quantitative estimate of drug-likeness (QED) is 0.0759. The van der Waals surface area contributed by atoms with Gasteiger partial charge in [0.25, 0.3) is 11.8 Å². The summed E-state index contributed by atoms with van der Waals surface area (Å²) in [6.07, 6.45) is 8.33. The van der Waals surface area contributed by atoms with E-state index in [0.717, 1.165) is 102 Å². The lowest BCUT2D eigenvalue weighted by Crippen LogP contribution is -2.54. The van der Waals surface area contributed by atoms with Crippen molar-refractivity contribution in [3.8, 4) is 16.9 Å². The van der Waals surface area contributed by atoms with Gasteiger partial charge in [-0.2, -0.15) is 10.1 Å². The molecule has 1 unspecified atom stereocenters. The molecule has 368 valence electrons. The number of aromatic nitrogens is 4. The lowest BCUT2D eigenvalue weighted by Gasteiger charge is -2.39. The SMILES string of the molecule is COc1cc(N2CCN(CCC3CCN(c4cc5c(cc4F)C(=O)N(C4CCC(=O)NC4=O)C5=O)CC3)CC2)c(-c2cnn(C)c2)cc1Nc1ncc(Br)c(Nc2ccc3cc(F)ccc3c2P(C)C)n1. The van der Waals surface area contributed by atoms with E-state index < -0.39 is 43.4 Å². The third kappa shape index (κ3) is 9.66. The van der Waals surface area contributed by atoms with Crippen LogP contribution < -0.4 is 35.8 Å². The number of amides is 4. The van der Waals surface area contributed by atoms with Crippen molar-refractivity contribution in [1.29, 1.82) is 0 Å². The van der Waals surface area contributed by atoms with Crippen LogP contribution in [-0.2, 0) is 16.6 Å². The van der Waals surface area contributed by atoms with Crippen LogP contribution in [-0.4, -0.2) is 125 Å². The number of carbonyl (C=O) groups excluding carboxylic acids is 4. The van der Waals surface area contributed by atoms with Crippen LogP contribution in [0.1, 0.15) is 52.8 Å². The van der Waals surface area contributed by atoms with Gasteiger partial charge in [-0.3, -0.25) is 39.0 Å². The molecule has 71 heavy (non-hydrogen) atoms. The summed E-state index contributed by atoms with van der Waals surface area (Å²) in [5.74, 6) is -1.36. The molecule has 0 radical (unpaired) electrons. The number of halogens is 3. The number of fused-ring (bicyclic) bond motifs is 2. The minimum atomic E-state index is -1.11. The number of piperidine rings is 2. The van der Waals surface area contributed by atoms with E-state index in [4.69, 9.17) is 9.72 Å². The fourth-order valence-corrected chi connectivity index (χ4v) is 11.9. The molecule has 10 rings (SSSR count). The maximum Gasteiger partial charge on any atom is 0.262 e. The average Bonchev–Trinajstić information content (AvgIpc) is 3.90. The summed E-state index contributed by atoms with van der Waals surface area (Å²) in [7, 11) is 2.98. The number of benzene rings is 4. The van der Waals surface area contributed by atoms with E-state index in [2.05, 4.69) is 77.2 Å². The monoisotopic (exact) mass is 1050 g/mol. The molecule has 3 saturated heterocycles. The fraction of sp³-hybridized carbons (Fsp3) is 0.353. The minimum Gasteiger partial charge on any atom is -0.494 e. The van der Waals surface area contributed by atoms with Gasteiger partial charge >= 0.3 is 0 Å². The largest absolute Gasteiger partial charge is 0.494 e. The molecule has 0 bridgehead atoms. The second-order valence-corrected chi connectivity index (χ2v) is 21.8. The second kappa shape index (κ2) is 19.9. The van der Waals surface area contributed by atoms with E-state index in [1.807, 2.05) is 42.5 Å². The first kappa shape index (κ1) is 48.1. The Labute approximate surface area is 419 Å². The topological polar surface area (TPSA) is 170 Å². The van der Waals surface area contributed by atoms with Gasteiger partial charge in [-0.1, -0.05) is 20.1 Å². The Hall–Kier alpha value is -6.56. The molecule has 4 aliphatic rings. The van der Waals surface area contributed by atoms with Gasteiger partial charge in [-0.05, 0) is 115 Å². The molecule has 4 aliphatic heterocycles. The van der Waals surface area contributed by atoms with Crippen molar-refractivity contribution < 1.29 is 32.7 Å². The number of hydrogen-bond acceptors (Lipinski definition) is 13. The van der Waals surface area contributed by atoms with Gasteiger partial charge in [0.05, 0.1) is 40.3 Å². The maximum atomic E-state index is 15.6. The Morgan fingerprint density at radius 1 is 0.831 bits per heavy atom. The fourth-order valence-electron chi connectivity index (χ4n) is 10.3. The first-order chi connectivity index (χ1) is 34.2. The van der Waals surface area contributed by atoms with Gasteiger partial charge in [-0.15, -0.1) is 0 Å². The summed E-state index contributed by atoms with van der Waals surface area (Å²) in [4.78, 5) is 68.1. The molecule has 3 fully saturated rings. The van der Waals surface area contributed by atoms with Gasteiger partial charge in [0, 0.05) is 99.0 Å². The maximum absolute atomic E-state index is 15.6. The normalized spacial score (nSPS) is 17.9. The van der Waals surface area contributed by atoms with Crippen LogP contribution >= 0.6 is 23.9 Å². The molecular formula is C51H53BrF2N11O5P. The number of hydrogen-bond donors (Lipinski definition) is 3. The zero-order valence-corrected chi connectivity index (χ0v) is 42.2. The van der Waals surface area contributed by atoms with Crippen molar-refractivity contribution >= 4 is 98.1 Å². The van der Waals surface area contributed by atoms with Crippen molar-refractivity contribution in [1.82, 2.24) is 34.9 Å². The number of nitrogens with one attached hydrogen (secondary N) is 3. The lowest BCUT2D eigenvalue weighted by atomic mass is 9.92. The second-order valence-electron chi connectivity index (χ2n) is 18.7. The Morgan fingerprint density at radius 3 is 2.28 bits per heavy atom. The van der Waals surface area contributed by atoms with Gasteiger partial charge in [0.1, 0.15) is 29.2 Å². The Balaban J connectivity index is 0.781. The molecule has 20 heteroatoms. The first-order valence-electron chi connectivity index (χ1n) is 23.7. The number of imide groups is 2. The smallest absolute Gasteiger partial charge is 0.262 e. The van der Waals surface area contributed by atoms with Crippen molar-refractivity contribution in [2.45, 2.75) is 38.1 Å². The molecule has 0 spiro atoms. The van der Waals surface area contributed by atoms with E-state index in [0.29, 0.717) is 46.7 Å². The number of carbonyl (C=O) groups is 4. The third-order valence-electron chi connectivity index (χ3n) is 14.0. The third-order valence-corrected chi connectivity index (χ3v) is 16.0. The van der Waals surface area contributed by atoms with Gasteiger partial charge in [0.2, 0.25) is 17.8 Å². The van der Waals surface area contributed by atoms with Crippen LogP contribution in [0.4, 0.5) is 43.3 Å². The molecule has 16 nitrogen and oxygen atoms in total. The standard InChI is InChI=1S/C51H53BrF2N11O5P/c1-61-28-31(26-56-61)34-23-40(58-51-55-27-37(52)47(60-51)57-39-8-5-30-21-32(53)6-7-33(30)46(39)71(3)4)44(70-2)25-42(34)64-19-17-62(18-20-64)14-11-29-12-15-63(16-13-29)43-24-36-35(22-38(43)54)49(68)65(50(36)69)41-9-10-45(66)59-48(41)67/h5-8,21-29,41H,9-20H2,1-4H3,(H,59,66,67)(H2,55,57,58,60). The summed E-state index contributed by atoms with van der Waals surface area (Å²) < 4.78 is 38.2. The molecule has 4 aromatic carbocycles. The number of anilines is 6. The molecule has 0 saturated carbocycles. The number of piperazine rings is 1. The van der Waals surface area contributed by atoms with Crippen LogP contribution in [0.5, 0.6) is 5.75 Å². The van der Waals surface area contributed by atoms with Crippen LogP contribution in [0.2, 0.25) is 0 Å². The zero-order valence-electron chi connectivity index (χ0n) is 39.8. The van der Waals surface area contributed by atoms with Crippen LogP contribution in [0.25, 0.3) is 21.9 Å². The van der Waals surface area contributed by atoms with E-state index in [-0.39, 0.29) is 35.5 Å². The van der Waals surface area contributed by atoms with Crippen LogP contribution in [0, 0.1) is 17.6 Å². The Bertz CT molecular complexity index is 3100. The van der Waals surface area contributed by atoms with Crippen LogP contribution in [0.15, 0.2) is 77.7 Å². The number of ether oxygens (including phenoxy) is 1. The van der Waals surface area contributed by atoms with Gasteiger partial charge in [0.15, 0.2) is 0 Å².